The molecule has 1 aliphatic rings. The van der Waals surface area contributed by atoms with Crippen molar-refractivity contribution in [2.75, 3.05) is 27.2 Å². The summed E-state index contributed by atoms with van der Waals surface area (Å²) in [5.74, 6) is -0.261. The Hall–Kier alpha value is -1.15. The number of carbonyl (C=O) groups excluding carboxylic acids is 1. The molecule has 1 aromatic rings. The third kappa shape index (κ3) is 5.67. The molecule has 0 unspecified atom stereocenters. The number of rotatable bonds is 7. The summed E-state index contributed by atoms with van der Waals surface area (Å²) in [6.45, 7) is 1.16. The molecule has 25 heavy (non-hydrogen) atoms. The zero-order valence-corrected chi connectivity index (χ0v) is 16.5. The van der Waals surface area contributed by atoms with Gasteiger partial charge in [0.25, 0.3) is 5.91 Å². The monoisotopic (exact) mass is 389 g/mol. The van der Waals surface area contributed by atoms with Gasteiger partial charge < -0.3 is 10.6 Å². The molecule has 1 fully saturated rings. The van der Waals surface area contributed by atoms with E-state index in [9.17, 15) is 13.2 Å². The standard InChI is InChI=1S/C17H27N3O3S.ClH/c1-18-11-12-19-17(21)14-7-6-10-16(13-14)24(22,23)20(2)15-8-4-3-5-9-15;/h6-7,10,13,15,18H,3-5,8-9,11-12H2,1-2H3,(H,19,21);1H. The molecule has 2 rings (SSSR count). The first-order chi connectivity index (χ1) is 11.5. The molecule has 0 spiro atoms. The van der Waals surface area contributed by atoms with Crippen LogP contribution in [0.4, 0.5) is 0 Å². The van der Waals surface area contributed by atoms with E-state index in [0.29, 0.717) is 18.7 Å². The van der Waals surface area contributed by atoms with Gasteiger partial charge >= 0.3 is 0 Å². The summed E-state index contributed by atoms with van der Waals surface area (Å²) in [4.78, 5) is 12.3. The molecule has 0 heterocycles. The van der Waals surface area contributed by atoms with Crippen LogP contribution >= 0.6 is 12.4 Å². The summed E-state index contributed by atoms with van der Waals surface area (Å²) in [7, 11) is -0.129. The smallest absolute Gasteiger partial charge is 0.251 e. The average Bonchev–Trinajstić information content (AvgIpc) is 2.62. The molecule has 6 nitrogen and oxygen atoms in total. The average molecular weight is 390 g/mol. The largest absolute Gasteiger partial charge is 0.351 e. The highest BCUT2D eigenvalue weighted by atomic mass is 35.5. The van der Waals surface area contributed by atoms with E-state index in [0.717, 1.165) is 25.7 Å². The molecule has 1 aliphatic carbocycles. The number of benzene rings is 1. The molecule has 0 atom stereocenters. The number of carbonyl (C=O) groups is 1. The number of nitrogens with one attached hydrogen (secondary N) is 2. The summed E-state index contributed by atoms with van der Waals surface area (Å²) in [5.41, 5.74) is 0.365. The van der Waals surface area contributed by atoms with Crippen molar-refractivity contribution in [3.05, 3.63) is 29.8 Å². The molecule has 0 bridgehead atoms. The second kappa shape index (κ2) is 10.1. The summed E-state index contributed by atoms with van der Waals surface area (Å²) in [6, 6.07) is 6.32. The lowest BCUT2D eigenvalue weighted by molar-refractivity contribution is 0.0954. The lowest BCUT2D eigenvalue weighted by atomic mass is 9.96. The van der Waals surface area contributed by atoms with Gasteiger partial charge in [0.15, 0.2) is 0 Å². The molecule has 142 valence electrons. The van der Waals surface area contributed by atoms with Gasteiger partial charge in [-0.1, -0.05) is 25.3 Å². The van der Waals surface area contributed by atoms with E-state index >= 15 is 0 Å². The van der Waals surface area contributed by atoms with E-state index in [4.69, 9.17) is 0 Å². The molecule has 1 saturated carbocycles. The highest BCUT2D eigenvalue weighted by molar-refractivity contribution is 7.89. The predicted octanol–water partition coefficient (Wildman–Crippen LogP) is 2.01. The summed E-state index contributed by atoms with van der Waals surface area (Å²) < 4.78 is 27.2. The summed E-state index contributed by atoms with van der Waals surface area (Å²) in [6.07, 6.45) is 5.11. The third-order valence-corrected chi connectivity index (χ3v) is 6.43. The van der Waals surface area contributed by atoms with E-state index in [1.165, 1.54) is 16.8 Å². The molecule has 8 heteroatoms. The number of sulfonamides is 1. The lowest BCUT2D eigenvalue weighted by Gasteiger charge is -2.30. The molecule has 1 amide bonds. The van der Waals surface area contributed by atoms with Gasteiger partial charge in [-0.15, -0.1) is 12.4 Å². The minimum atomic E-state index is -3.58. The zero-order chi connectivity index (χ0) is 17.6. The van der Waals surface area contributed by atoms with E-state index in [-0.39, 0.29) is 29.3 Å². The van der Waals surface area contributed by atoms with Gasteiger partial charge in [-0.2, -0.15) is 4.31 Å². The minimum Gasteiger partial charge on any atom is -0.351 e. The van der Waals surface area contributed by atoms with Crippen LogP contribution in [0, 0.1) is 0 Å². The SMILES string of the molecule is CNCCNC(=O)c1cccc(S(=O)(=O)N(C)C2CCCCC2)c1.Cl. The first kappa shape index (κ1) is 21.9. The van der Waals surface area contributed by atoms with Crippen molar-refractivity contribution < 1.29 is 13.2 Å². The highest BCUT2D eigenvalue weighted by Crippen LogP contribution is 2.26. The Labute approximate surface area is 156 Å². The first-order valence-electron chi connectivity index (χ1n) is 8.47. The fourth-order valence-corrected chi connectivity index (χ4v) is 4.47. The van der Waals surface area contributed by atoms with Crippen LogP contribution in [-0.2, 0) is 10.0 Å². The number of halogens is 1. The van der Waals surface area contributed by atoms with E-state index in [1.54, 1.807) is 32.3 Å². The third-order valence-electron chi connectivity index (χ3n) is 4.52. The van der Waals surface area contributed by atoms with Gasteiger partial charge in [-0.25, -0.2) is 8.42 Å². The number of amides is 1. The Morgan fingerprint density at radius 3 is 2.52 bits per heavy atom. The fourth-order valence-electron chi connectivity index (χ4n) is 3.01. The Morgan fingerprint density at radius 2 is 1.88 bits per heavy atom. The van der Waals surface area contributed by atoms with Crippen molar-refractivity contribution >= 4 is 28.3 Å². The Balaban J connectivity index is 0.00000312. The number of hydrogen-bond acceptors (Lipinski definition) is 4. The predicted molar refractivity (Wildman–Crippen MR) is 102 cm³/mol. The van der Waals surface area contributed by atoms with Crippen molar-refractivity contribution in [2.45, 2.75) is 43.0 Å². The second-order valence-corrected chi connectivity index (χ2v) is 8.20. The first-order valence-corrected chi connectivity index (χ1v) is 9.91. The fraction of sp³-hybridized carbons (Fsp3) is 0.588. The van der Waals surface area contributed by atoms with Crippen molar-refractivity contribution in [1.82, 2.24) is 14.9 Å². The topological polar surface area (TPSA) is 78.5 Å². The molecule has 1 aromatic carbocycles. The minimum absolute atomic E-state index is 0. The van der Waals surface area contributed by atoms with E-state index in [2.05, 4.69) is 10.6 Å². The van der Waals surface area contributed by atoms with Crippen LogP contribution in [0.25, 0.3) is 0 Å². The number of likely N-dealkylation sites (N-methyl/N-ethyl adjacent to an activating group) is 1. The van der Waals surface area contributed by atoms with E-state index in [1.807, 2.05) is 0 Å². The van der Waals surface area contributed by atoms with Gasteiger partial charge in [-0.3, -0.25) is 4.79 Å². The van der Waals surface area contributed by atoms with Crippen molar-refractivity contribution in [3.63, 3.8) is 0 Å². The van der Waals surface area contributed by atoms with Crippen LogP contribution in [-0.4, -0.2) is 51.9 Å². The van der Waals surface area contributed by atoms with Gasteiger partial charge in [0.2, 0.25) is 10.0 Å². The van der Waals surface area contributed by atoms with Crippen LogP contribution < -0.4 is 10.6 Å². The van der Waals surface area contributed by atoms with Crippen molar-refractivity contribution in [1.29, 1.82) is 0 Å². The molecule has 0 saturated heterocycles. The van der Waals surface area contributed by atoms with Crippen molar-refractivity contribution in [2.24, 2.45) is 0 Å². The molecular formula is C17H28ClN3O3S. The second-order valence-electron chi connectivity index (χ2n) is 6.20. The molecular weight excluding hydrogens is 362 g/mol. The normalized spacial score (nSPS) is 15.6. The maximum atomic E-state index is 12.9. The van der Waals surface area contributed by atoms with E-state index < -0.39 is 10.0 Å². The molecule has 0 aliphatic heterocycles. The summed E-state index contributed by atoms with van der Waals surface area (Å²) >= 11 is 0. The van der Waals surface area contributed by atoms with Gasteiger partial charge in [0.1, 0.15) is 0 Å². The Kier molecular flexibility index (Phi) is 8.85. The maximum Gasteiger partial charge on any atom is 0.251 e. The van der Waals surface area contributed by atoms with Crippen LogP contribution in [0.3, 0.4) is 0 Å². The van der Waals surface area contributed by atoms with Crippen LogP contribution in [0.15, 0.2) is 29.2 Å². The number of hydrogen-bond donors (Lipinski definition) is 2. The summed E-state index contributed by atoms with van der Waals surface area (Å²) in [5, 5.41) is 5.71. The van der Waals surface area contributed by atoms with Crippen LogP contribution in [0.2, 0.25) is 0 Å². The van der Waals surface area contributed by atoms with Gasteiger partial charge in [-0.05, 0) is 38.1 Å². The Morgan fingerprint density at radius 1 is 1.20 bits per heavy atom. The molecule has 0 radical (unpaired) electrons. The molecule has 0 aromatic heterocycles. The zero-order valence-electron chi connectivity index (χ0n) is 14.8. The van der Waals surface area contributed by atoms with Crippen LogP contribution in [0.5, 0.6) is 0 Å². The quantitative estimate of drug-likeness (QED) is 0.699. The maximum absolute atomic E-state index is 12.9. The van der Waals surface area contributed by atoms with Crippen molar-refractivity contribution in [3.8, 4) is 0 Å². The highest BCUT2D eigenvalue weighted by Gasteiger charge is 2.29. The van der Waals surface area contributed by atoms with Crippen LogP contribution in [0.1, 0.15) is 42.5 Å². The molecule has 2 N–H and O–H groups in total. The van der Waals surface area contributed by atoms with Gasteiger partial charge in [0, 0.05) is 31.7 Å². The number of nitrogens with zero attached hydrogens (tertiary/aromatic N) is 1. The van der Waals surface area contributed by atoms with Gasteiger partial charge in [0.05, 0.1) is 4.90 Å². The lowest BCUT2D eigenvalue weighted by Crippen LogP contribution is -2.38. The Bertz CT molecular complexity index is 661.